The fourth-order valence-electron chi connectivity index (χ4n) is 3.62. The van der Waals surface area contributed by atoms with Crippen molar-refractivity contribution in [3.05, 3.63) is 42.1 Å². The Bertz CT molecular complexity index is 1030. The predicted molar refractivity (Wildman–Crippen MR) is 103 cm³/mol. The second kappa shape index (κ2) is 9.22. The molecule has 1 saturated heterocycles. The standard InChI is InChI=1S/C18H21F2N7O5/c19-9-3-8(4-10(20)13(9)21-1-2-28)11-5-27(26-24-11)14-15(30)12(6-29)32-17(16(14)31)18-22-7-23-25-18/h3-5,7,12,14-17,21,28-31H,1-2,6H2,(H,22,23,25)/t12-,14+,15+,16-,17-/m1/s1. The molecule has 1 aliphatic heterocycles. The van der Waals surface area contributed by atoms with E-state index in [1.54, 1.807) is 0 Å². The molecular weight excluding hydrogens is 432 g/mol. The molecule has 0 amide bonds. The minimum absolute atomic E-state index is 0.0265. The number of hydrogen-bond acceptors (Lipinski definition) is 10. The maximum atomic E-state index is 14.3. The summed E-state index contributed by atoms with van der Waals surface area (Å²) in [5, 5.41) is 56.4. The highest BCUT2D eigenvalue weighted by molar-refractivity contribution is 5.63. The Kier molecular flexibility index (Phi) is 6.38. The van der Waals surface area contributed by atoms with Gasteiger partial charge in [-0.25, -0.2) is 18.4 Å². The highest BCUT2D eigenvalue weighted by Crippen LogP contribution is 2.37. The summed E-state index contributed by atoms with van der Waals surface area (Å²) in [7, 11) is 0. The van der Waals surface area contributed by atoms with Crippen LogP contribution in [0.3, 0.4) is 0 Å². The van der Waals surface area contributed by atoms with Crippen molar-refractivity contribution in [3.63, 3.8) is 0 Å². The number of H-pyrrole nitrogens is 1. The molecule has 4 rings (SSSR count). The van der Waals surface area contributed by atoms with Gasteiger partial charge in [0.25, 0.3) is 0 Å². The van der Waals surface area contributed by atoms with Crippen molar-refractivity contribution in [2.75, 3.05) is 25.1 Å². The SMILES string of the molecule is OCCNc1c(F)cc(-c2cn([C@H]3[C@@H](O)[C@@H](CO)O[C@@H](c4ncn[nH]4)[C@@H]3O)nn2)cc1F. The van der Waals surface area contributed by atoms with Crippen LogP contribution in [-0.4, -0.2) is 88.7 Å². The van der Waals surface area contributed by atoms with Gasteiger partial charge in [-0.3, -0.25) is 5.10 Å². The number of nitrogens with zero attached hydrogens (tertiary/aromatic N) is 5. The van der Waals surface area contributed by atoms with Gasteiger partial charge >= 0.3 is 0 Å². The summed E-state index contributed by atoms with van der Waals surface area (Å²) in [6.45, 7) is -0.870. The van der Waals surface area contributed by atoms with Crippen LogP contribution in [0.1, 0.15) is 18.0 Å². The number of aliphatic hydroxyl groups excluding tert-OH is 4. The van der Waals surface area contributed by atoms with Crippen LogP contribution < -0.4 is 5.32 Å². The smallest absolute Gasteiger partial charge is 0.156 e. The van der Waals surface area contributed by atoms with Gasteiger partial charge < -0.3 is 30.5 Å². The number of aromatic amines is 1. The number of nitrogens with one attached hydrogen (secondary N) is 2. The van der Waals surface area contributed by atoms with Gasteiger partial charge in [0.15, 0.2) is 5.82 Å². The first kappa shape index (κ1) is 22.2. The first-order valence-electron chi connectivity index (χ1n) is 9.68. The van der Waals surface area contributed by atoms with Crippen molar-refractivity contribution in [2.24, 2.45) is 0 Å². The van der Waals surface area contributed by atoms with E-state index >= 15 is 0 Å². The first-order valence-corrected chi connectivity index (χ1v) is 9.68. The first-order chi connectivity index (χ1) is 15.4. The Labute approximate surface area is 179 Å². The molecule has 0 unspecified atom stereocenters. The zero-order valence-electron chi connectivity index (χ0n) is 16.5. The molecule has 5 atom stereocenters. The molecule has 1 fully saturated rings. The van der Waals surface area contributed by atoms with Crippen molar-refractivity contribution in [1.29, 1.82) is 0 Å². The summed E-state index contributed by atoms with van der Waals surface area (Å²) in [6.07, 6.45) is -2.34. The Balaban J connectivity index is 1.64. The lowest BCUT2D eigenvalue weighted by Crippen LogP contribution is -2.53. The highest BCUT2D eigenvalue weighted by atomic mass is 19.1. The molecule has 12 nitrogen and oxygen atoms in total. The van der Waals surface area contributed by atoms with Crippen LogP contribution in [0.2, 0.25) is 0 Å². The fraction of sp³-hybridized carbons (Fsp3) is 0.444. The third kappa shape index (κ3) is 4.05. The normalized spacial score (nSPS) is 25.8. The lowest BCUT2D eigenvalue weighted by atomic mass is 9.92. The Morgan fingerprint density at radius 1 is 1.16 bits per heavy atom. The molecule has 3 heterocycles. The third-order valence-electron chi connectivity index (χ3n) is 5.16. The van der Waals surface area contributed by atoms with Crippen molar-refractivity contribution in [2.45, 2.75) is 30.5 Å². The van der Waals surface area contributed by atoms with Crippen LogP contribution in [0, 0.1) is 11.6 Å². The number of hydrogen-bond donors (Lipinski definition) is 6. The highest BCUT2D eigenvalue weighted by Gasteiger charge is 2.47. The third-order valence-corrected chi connectivity index (χ3v) is 5.16. The average Bonchev–Trinajstić information content (AvgIpc) is 3.46. The van der Waals surface area contributed by atoms with Crippen LogP contribution >= 0.6 is 0 Å². The van der Waals surface area contributed by atoms with Crippen molar-refractivity contribution in [1.82, 2.24) is 30.2 Å². The Hall–Kier alpha value is -3.04. The second-order valence-corrected chi connectivity index (χ2v) is 7.17. The van der Waals surface area contributed by atoms with E-state index in [2.05, 4.69) is 30.8 Å². The van der Waals surface area contributed by atoms with Crippen molar-refractivity contribution >= 4 is 5.69 Å². The molecule has 172 valence electrons. The lowest BCUT2D eigenvalue weighted by Gasteiger charge is -2.41. The van der Waals surface area contributed by atoms with E-state index in [9.17, 15) is 24.1 Å². The summed E-state index contributed by atoms with van der Waals surface area (Å²) in [6, 6.07) is 0.973. The van der Waals surface area contributed by atoms with E-state index in [0.717, 1.165) is 16.8 Å². The van der Waals surface area contributed by atoms with E-state index < -0.39 is 48.7 Å². The molecular formula is C18H21F2N7O5. The van der Waals surface area contributed by atoms with Crippen LogP contribution in [-0.2, 0) is 4.74 Å². The molecule has 6 N–H and O–H groups in total. The molecule has 0 aliphatic carbocycles. The number of anilines is 1. The minimum Gasteiger partial charge on any atom is -0.395 e. The molecule has 0 bridgehead atoms. The van der Waals surface area contributed by atoms with Gasteiger partial charge in [0, 0.05) is 12.1 Å². The zero-order chi connectivity index (χ0) is 22.8. The van der Waals surface area contributed by atoms with E-state index in [1.807, 2.05) is 0 Å². The van der Waals surface area contributed by atoms with Crippen LogP contribution in [0.25, 0.3) is 11.3 Å². The number of halogens is 2. The summed E-state index contributed by atoms with van der Waals surface area (Å²) < 4.78 is 35.4. The number of ether oxygens (including phenoxy) is 1. The van der Waals surface area contributed by atoms with E-state index in [4.69, 9.17) is 9.84 Å². The zero-order valence-corrected chi connectivity index (χ0v) is 16.5. The summed E-state index contributed by atoms with van der Waals surface area (Å²) >= 11 is 0. The second-order valence-electron chi connectivity index (χ2n) is 7.17. The van der Waals surface area contributed by atoms with Crippen LogP contribution in [0.15, 0.2) is 24.7 Å². The monoisotopic (exact) mass is 453 g/mol. The number of benzene rings is 1. The molecule has 1 aliphatic rings. The van der Waals surface area contributed by atoms with E-state index in [0.29, 0.717) is 0 Å². The predicted octanol–water partition coefficient (Wildman–Crippen LogP) is -0.859. The van der Waals surface area contributed by atoms with Gasteiger partial charge in [0.2, 0.25) is 0 Å². The Morgan fingerprint density at radius 3 is 2.53 bits per heavy atom. The van der Waals surface area contributed by atoms with Crippen LogP contribution in [0.5, 0.6) is 0 Å². The van der Waals surface area contributed by atoms with E-state index in [1.165, 1.54) is 12.5 Å². The number of aliphatic hydroxyl groups is 4. The molecule has 1 aromatic carbocycles. The largest absolute Gasteiger partial charge is 0.395 e. The van der Waals surface area contributed by atoms with Gasteiger partial charge in [-0.1, -0.05) is 5.21 Å². The summed E-state index contributed by atoms with van der Waals surface area (Å²) in [5.41, 5.74) is -0.229. The molecule has 0 radical (unpaired) electrons. The molecule has 14 heteroatoms. The van der Waals surface area contributed by atoms with E-state index in [-0.39, 0.29) is 35.9 Å². The molecule has 0 spiro atoms. The quantitative estimate of drug-likeness (QED) is 0.264. The van der Waals surface area contributed by atoms with Crippen molar-refractivity contribution in [3.8, 4) is 11.3 Å². The number of aromatic nitrogens is 6. The fourth-order valence-corrected chi connectivity index (χ4v) is 3.62. The molecule has 2 aromatic heterocycles. The lowest BCUT2D eigenvalue weighted by molar-refractivity contribution is -0.210. The van der Waals surface area contributed by atoms with Gasteiger partial charge in [-0.05, 0) is 12.1 Å². The molecule has 3 aromatic rings. The Morgan fingerprint density at radius 2 is 1.91 bits per heavy atom. The van der Waals surface area contributed by atoms with Gasteiger partial charge in [-0.15, -0.1) is 5.10 Å². The summed E-state index contributed by atoms with van der Waals surface area (Å²) in [5.74, 6) is -1.59. The summed E-state index contributed by atoms with van der Waals surface area (Å²) in [4.78, 5) is 3.95. The van der Waals surface area contributed by atoms with Gasteiger partial charge in [-0.2, -0.15) is 5.10 Å². The maximum Gasteiger partial charge on any atom is 0.156 e. The number of rotatable bonds is 7. The molecule has 0 saturated carbocycles. The maximum absolute atomic E-state index is 14.3. The van der Waals surface area contributed by atoms with Gasteiger partial charge in [0.1, 0.15) is 59.8 Å². The molecule has 32 heavy (non-hydrogen) atoms. The average molecular weight is 453 g/mol. The van der Waals surface area contributed by atoms with Gasteiger partial charge in [0.05, 0.1) is 19.4 Å². The van der Waals surface area contributed by atoms with Crippen molar-refractivity contribution < 1.29 is 33.9 Å². The topological polar surface area (TPSA) is 174 Å². The van der Waals surface area contributed by atoms with Crippen LogP contribution in [0.4, 0.5) is 14.5 Å². The minimum atomic E-state index is -1.37.